The molecule has 0 aromatic heterocycles. The molecular formula is C40H68O13. The molecule has 20 atom stereocenters. The normalized spacial score (nSPS) is 54.6. The average molecular weight is 757 g/mol. The van der Waals surface area contributed by atoms with E-state index >= 15 is 0 Å². The molecule has 7 rings (SSSR count). The molecule has 7 aliphatic rings. The van der Waals surface area contributed by atoms with Crippen LogP contribution in [0.1, 0.15) is 106 Å². The summed E-state index contributed by atoms with van der Waals surface area (Å²) in [5.74, 6) is 0.384. The van der Waals surface area contributed by atoms with Gasteiger partial charge in [-0.05, 0) is 122 Å². The fourth-order valence-corrected chi connectivity index (χ4v) is 13.9. The van der Waals surface area contributed by atoms with Gasteiger partial charge >= 0.3 is 0 Å². The molecular weight excluding hydrogens is 688 g/mol. The second-order valence-corrected chi connectivity index (χ2v) is 20.3. The van der Waals surface area contributed by atoms with Crippen molar-refractivity contribution in [3.63, 3.8) is 0 Å². The summed E-state index contributed by atoms with van der Waals surface area (Å²) in [6.45, 7) is 14.0. The molecule has 0 amide bonds. The maximum absolute atomic E-state index is 12.3. The van der Waals surface area contributed by atoms with E-state index in [0.717, 1.165) is 25.7 Å². The van der Waals surface area contributed by atoms with Gasteiger partial charge in [0.1, 0.15) is 36.6 Å². The Balaban J connectivity index is 1.09. The van der Waals surface area contributed by atoms with Gasteiger partial charge in [0.2, 0.25) is 0 Å². The summed E-state index contributed by atoms with van der Waals surface area (Å²) >= 11 is 0. The van der Waals surface area contributed by atoms with Crippen LogP contribution in [0.2, 0.25) is 0 Å². The van der Waals surface area contributed by atoms with Gasteiger partial charge in [0.25, 0.3) is 0 Å². The number of fused-ring (bicyclic) bond motifs is 2. The van der Waals surface area contributed by atoms with Crippen LogP contribution in [-0.2, 0) is 18.9 Å². The average Bonchev–Trinajstić information content (AvgIpc) is 3.66. The molecule has 2 spiro atoms. The van der Waals surface area contributed by atoms with Crippen LogP contribution in [0.15, 0.2) is 0 Å². The highest BCUT2D eigenvalue weighted by molar-refractivity contribution is 5.32. The van der Waals surface area contributed by atoms with Crippen LogP contribution in [0.4, 0.5) is 0 Å². The molecule has 0 radical (unpaired) electrons. The van der Waals surface area contributed by atoms with Gasteiger partial charge in [-0.2, -0.15) is 0 Å². The van der Waals surface area contributed by atoms with Crippen LogP contribution in [0, 0.1) is 50.7 Å². The summed E-state index contributed by atoms with van der Waals surface area (Å²) in [7, 11) is 0. The number of hydrogen-bond donors (Lipinski definition) is 9. The van der Waals surface area contributed by atoms with Crippen molar-refractivity contribution in [2.75, 3.05) is 13.2 Å². The Kier molecular flexibility index (Phi) is 10.4. The summed E-state index contributed by atoms with van der Waals surface area (Å²) in [5.41, 5.74) is -2.05. The van der Waals surface area contributed by atoms with Gasteiger partial charge in [-0.1, -0.05) is 34.6 Å². The minimum atomic E-state index is -1.60. The fourth-order valence-electron chi connectivity index (χ4n) is 13.9. The number of hydrogen-bond acceptors (Lipinski definition) is 13. The largest absolute Gasteiger partial charge is 0.393 e. The van der Waals surface area contributed by atoms with E-state index in [9.17, 15) is 46.0 Å². The van der Waals surface area contributed by atoms with Crippen LogP contribution in [0.3, 0.4) is 0 Å². The summed E-state index contributed by atoms with van der Waals surface area (Å²) < 4.78 is 24.0. The molecule has 7 unspecified atom stereocenters. The first-order valence-electron chi connectivity index (χ1n) is 20.3. The molecule has 7 fully saturated rings. The van der Waals surface area contributed by atoms with Crippen molar-refractivity contribution in [3.8, 4) is 0 Å². The number of aliphatic hydroxyl groups excluding tert-OH is 8. The SMILES string of the molecule is C[C@H](CC[C@@H](O)C(C)(C)O)C1[C@H](O)C[C@@]2(C)C3C[C@H](O)C4C(C)(C)[C@@H](O[C@@H]5OC[C@@H](O)C(O)C5O[C@@H]5OC[C@H](O)C(O)C5O)CC[C@@]45C[C@@]35CC[C@]12C. The minimum Gasteiger partial charge on any atom is -0.393 e. The molecule has 5 saturated carbocycles. The molecule has 9 N–H and O–H groups in total. The van der Waals surface area contributed by atoms with Crippen molar-refractivity contribution in [2.45, 2.75) is 185 Å². The van der Waals surface area contributed by atoms with E-state index in [-0.39, 0.29) is 58.5 Å². The number of rotatable bonds is 9. The molecule has 0 aromatic rings. The Hall–Kier alpha value is -0.520. The third-order valence-electron chi connectivity index (χ3n) is 16.9. The number of ether oxygens (including phenoxy) is 4. The van der Waals surface area contributed by atoms with Crippen molar-refractivity contribution in [1.29, 1.82) is 0 Å². The van der Waals surface area contributed by atoms with Crippen LogP contribution >= 0.6 is 0 Å². The lowest BCUT2D eigenvalue weighted by Crippen LogP contribution is -2.63. The molecule has 0 bridgehead atoms. The van der Waals surface area contributed by atoms with Gasteiger partial charge in [0.15, 0.2) is 12.6 Å². The van der Waals surface area contributed by atoms with Crippen LogP contribution < -0.4 is 0 Å². The molecule has 5 aliphatic carbocycles. The smallest absolute Gasteiger partial charge is 0.186 e. The maximum Gasteiger partial charge on any atom is 0.186 e. The Bertz CT molecular complexity index is 1340. The van der Waals surface area contributed by atoms with E-state index in [1.165, 1.54) is 0 Å². The van der Waals surface area contributed by atoms with Crippen LogP contribution in [0.5, 0.6) is 0 Å². The first-order valence-corrected chi connectivity index (χ1v) is 20.3. The summed E-state index contributed by atoms with van der Waals surface area (Å²) in [5, 5.41) is 97.2. The molecule has 13 heteroatoms. The lowest BCUT2D eigenvalue weighted by atomic mass is 9.41. The van der Waals surface area contributed by atoms with Gasteiger partial charge in [0, 0.05) is 0 Å². The lowest BCUT2D eigenvalue weighted by molar-refractivity contribution is -0.356. The van der Waals surface area contributed by atoms with Crippen LogP contribution in [0.25, 0.3) is 0 Å². The quantitative estimate of drug-likeness (QED) is 0.151. The highest BCUT2D eigenvalue weighted by Gasteiger charge is 2.84. The third kappa shape index (κ3) is 6.04. The van der Waals surface area contributed by atoms with Crippen molar-refractivity contribution in [3.05, 3.63) is 0 Å². The predicted octanol–water partition coefficient (Wildman–Crippen LogP) is 1.20. The molecule has 2 heterocycles. The second kappa shape index (κ2) is 13.5. The molecule has 306 valence electrons. The van der Waals surface area contributed by atoms with Gasteiger partial charge in [-0.15, -0.1) is 0 Å². The van der Waals surface area contributed by atoms with E-state index in [4.69, 9.17) is 18.9 Å². The second-order valence-electron chi connectivity index (χ2n) is 20.3. The number of aliphatic hydroxyl groups is 9. The van der Waals surface area contributed by atoms with Gasteiger partial charge in [0.05, 0.1) is 43.2 Å². The molecule has 2 aliphatic heterocycles. The fraction of sp³-hybridized carbons (Fsp3) is 1.00. The van der Waals surface area contributed by atoms with Crippen molar-refractivity contribution in [1.82, 2.24) is 0 Å². The first kappa shape index (κ1) is 40.7. The Morgan fingerprint density at radius 2 is 1.38 bits per heavy atom. The van der Waals surface area contributed by atoms with E-state index < -0.39 is 84.6 Å². The zero-order valence-electron chi connectivity index (χ0n) is 32.7. The Morgan fingerprint density at radius 1 is 0.736 bits per heavy atom. The summed E-state index contributed by atoms with van der Waals surface area (Å²) in [4.78, 5) is 0. The third-order valence-corrected chi connectivity index (χ3v) is 16.9. The summed E-state index contributed by atoms with van der Waals surface area (Å²) in [6, 6.07) is 0. The van der Waals surface area contributed by atoms with E-state index in [1.54, 1.807) is 13.8 Å². The highest BCUT2D eigenvalue weighted by atomic mass is 16.7. The lowest BCUT2D eigenvalue weighted by Gasteiger charge is -2.64. The minimum absolute atomic E-state index is 0.0511. The Morgan fingerprint density at radius 3 is 2.04 bits per heavy atom. The molecule has 53 heavy (non-hydrogen) atoms. The van der Waals surface area contributed by atoms with Gasteiger partial charge < -0.3 is 64.9 Å². The monoisotopic (exact) mass is 756 g/mol. The molecule has 0 aromatic carbocycles. The first-order chi connectivity index (χ1) is 24.6. The van der Waals surface area contributed by atoms with Crippen LogP contribution in [-0.4, -0.2) is 138 Å². The zero-order valence-corrected chi connectivity index (χ0v) is 32.7. The maximum atomic E-state index is 12.3. The molecule has 13 nitrogen and oxygen atoms in total. The van der Waals surface area contributed by atoms with Crippen molar-refractivity contribution < 1.29 is 64.9 Å². The van der Waals surface area contributed by atoms with Crippen molar-refractivity contribution in [2.24, 2.45) is 50.7 Å². The zero-order chi connectivity index (χ0) is 38.8. The molecule has 2 saturated heterocycles. The highest BCUT2D eigenvalue weighted by Crippen LogP contribution is 2.89. The van der Waals surface area contributed by atoms with Gasteiger partial charge in [-0.25, -0.2) is 0 Å². The Labute approximate surface area is 314 Å². The van der Waals surface area contributed by atoms with E-state index in [1.807, 2.05) is 0 Å². The summed E-state index contributed by atoms with van der Waals surface area (Å²) in [6.07, 6.45) is -6.14. The van der Waals surface area contributed by atoms with E-state index in [2.05, 4.69) is 34.6 Å². The van der Waals surface area contributed by atoms with Gasteiger partial charge in [-0.3, -0.25) is 0 Å². The topological polar surface area (TPSA) is 219 Å². The standard InChI is InChI=1S/C40H68O13/c1-19(8-9-25(45)36(4,5)49)27-21(42)15-38(7)24-14-20(41)32-35(2,3)26(10-11-40(32)18-39(24,40)13-12-37(27,38)6)52-34-31(29(47)23(44)17-51-34)53-33-30(48)28(46)22(43)16-50-33/h19-34,41-49H,8-18H2,1-7H3/t19-,20+,21-,22+,23-,24?,25-,26+,27?,28?,29?,30?,31?,32?,33+,34+,37-,38+,39+,40-/m1/s1. The van der Waals surface area contributed by atoms with Crippen molar-refractivity contribution >= 4 is 0 Å². The predicted molar refractivity (Wildman–Crippen MR) is 190 cm³/mol. The van der Waals surface area contributed by atoms with E-state index in [0.29, 0.717) is 32.1 Å².